The van der Waals surface area contributed by atoms with E-state index in [4.69, 9.17) is 5.73 Å². The first-order valence-electron chi connectivity index (χ1n) is 6.37. The molecule has 0 aliphatic carbocycles. The van der Waals surface area contributed by atoms with Crippen LogP contribution >= 0.6 is 23.7 Å². The normalized spacial score (nSPS) is 11.0. The van der Waals surface area contributed by atoms with E-state index in [1.54, 1.807) is 24.3 Å². The van der Waals surface area contributed by atoms with Gasteiger partial charge in [-0.05, 0) is 17.7 Å². The average molecular weight is 366 g/mol. The third kappa shape index (κ3) is 4.92. The maximum absolute atomic E-state index is 12.5. The number of carbonyl (C=O) groups excluding carboxylic acids is 1. The molecule has 9 heteroatoms. The quantitative estimate of drug-likeness (QED) is 0.904. The van der Waals surface area contributed by atoms with Gasteiger partial charge in [-0.2, -0.15) is 13.2 Å². The lowest BCUT2D eigenvalue weighted by Gasteiger charge is -2.16. The molecule has 1 aromatic heterocycles. The van der Waals surface area contributed by atoms with Gasteiger partial charge in [0.25, 0.3) is 5.91 Å². The Morgan fingerprint density at radius 1 is 1.30 bits per heavy atom. The zero-order valence-corrected chi connectivity index (χ0v) is 13.8. The van der Waals surface area contributed by atoms with Crippen LogP contribution in [0.25, 0.3) is 0 Å². The van der Waals surface area contributed by atoms with Crippen molar-refractivity contribution in [3.63, 3.8) is 0 Å². The van der Waals surface area contributed by atoms with Gasteiger partial charge in [-0.3, -0.25) is 4.79 Å². The Balaban J connectivity index is 0.00000264. The molecule has 1 amide bonds. The number of hydrogen-bond acceptors (Lipinski definition) is 4. The molecule has 0 saturated carbocycles. The number of nitrogens with zero attached hydrogens (tertiary/aromatic N) is 2. The molecule has 2 aromatic rings. The number of aromatic nitrogens is 1. The van der Waals surface area contributed by atoms with Crippen LogP contribution in [0.5, 0.6) is 0 Å². The van der Waals surface area contributed by atoms with Crippen molar-refractivity contribution in [3.8, 4) is 0 Å². The second-order valence-electron chi connectivity index (χ2n) is 4.69. The van der Waals surface area contributed by atoms with Crippen LogP contribution in [0, 0.1) is 0 Å². The first-order valence-corrected chi connectivity index (χ1v) is 7.25. The van der Waals surface area contributed by atoms with Gasteiger partial charge >= 0.3 is 6.18 Å². The summed E-state index contributed by atoms with van der Waals surface area (Å²) in [6, 6.07) is 6.77. The molecular weight excluding hydrogens is 351 g/mol. The van der Waals surface area contributed by atoms with E-state index in [0.29, 0.717) is 12.1 Å². The Morgan fingerprint density at radius 2 is 1.91 bits per heavy atom. The average Bonchev–Trinajstić information content (AvgIpc) is 2.95. The van der Waals surface area contributed by atoms with Gasteiger partial charge in [0.15, 0.2) is 5.69 Å². The Hall–Kier alpha value is -1.64. The van der Waals surface area contributed by atoms with Crippen molar-refractivity contribution < 1.29 is 18.0 Å². The smallest absolute Gasteiger partial charge is 0.335 e. The van der Waals surface area contributed by atoms with E-state index < -0.39 is 11.9 Å². The monoisotopic (exact) mass is 365 g/mol. The number of halogens is 4. The van der Waals surface area contributed by atoms with Gasteiger partial charge in [-0.15, -0.1) is 23.7 Å². The Bertz CT molecular complexity index is 658. The Labute approximate surface area is 141 Å². The van der Waals surface area contributed by atoms with Gasteiger partial charge in [0.05, 0.1) is 6.54 Å². The summed E-state index contributed by atoms with van der Waals surface area (Å²) < 4.78 is 37.5. The molecular formula is C14H15ClF3N3OS. The predicted octanol–water partition coefficient (Wildman–Crippen LogP) is 3.31. The second-order valence-corrected chi connectivity index (χ2v) is 5.63. The molecule has 0 spiro atoms. The summed E-state index contributed by atoms with van der Waals surface area (Å²) >= 11 is 0.882. The first-order chi connectivity index (χ1) is 10.3. The summed E-state index contributed by atoms with van der Waals surface area (Å²) in [4.78, 5) is 17.0. The lowest BCUT2D eigenvalue weighted by atomic mass is 10.1. The highest BCUT2D eigenvalue weighted by atomic mass is 35.5. The van der Waals surface area contributed by atoms with Gasteiger partial charge < -0.3 is 10.6 Å². The first kappa shape index (κ1) is 19.4. The summed E-state index contributed by atoms with van der Waals surface area (Å²) in [5.41, 5.74) is 5.90. The topological polar surface area (TPSA) is 59.2 Å². The number of benzene rings is 1. The fourth-order valence-electron chi connectivity index (χ4n) is 1.79. The Morgan fingerprint density at radius 3 is 2.39 bits per heavy atom. The van der Waals surface area contributed by atoms with Crippen LogP contribution in [0.3, 0.4) is 0 Å². The standard InChI is InChI=1S/C14H14F3N3OS.ClH/c1-20(7-12-19-11(8-22-12)14(15,16)17)13(21)10-4-2-9(6-18)3-5-10;/h2-5,8H,6-7,18H2,1H3;1H. The van der Waals surface area contributed by atoms with E-state index >= 15 is 0 Å². The minimum Gasteiger partial charge on any atom is -0.335 e. The number of nitrogens with two attached hydrogens (primary N) is 1. The largest absolute Gasteiger partial charge is 0.434 e. The summed E-state index contributed by atoms with van der Waals surface area (Å²) in [5.74, 6) is -0.285. The van der Waals surface area contributed by atoms with E-state index in [9.17, 15) is 18.0 Å². The predicted molar refractivity (Wildman–Crippen MR) is 84.5 cm³/mol. The summed E-state index contributed by atoms with van der Waals surface area (Å²) in [5, 5.41) is 1.19. The van der Waals surface area contributed by atoms with Crippen LogP contribution in [-0.2, 0) is 19.3 Å². The highest BCUT2D eigenvalue weighted by Gasteiger charge is 2.33. The zero-order chi connectivity index (χ0) is 16.3. The minimum atomic E-state index is -4.46. The third-order valence-electron chi connectivity index (χ3n) is 3.00. The van der Waals surface area contributed by atoms with E-state index in [0.717, 1.165) is 22.3 Å². The fraction of sp³-hybridized carbons (Fsp3) is 0.286. The lowest BCUT2D eigenvalue weighted by Crippen LogP contribution is -2.26. The molecule has 126 valence electrons. The molecule has 23 heavy (non-hydrogen) atoms. The Kier molecular flexibility index (Phi) is 6.55. The number of rotatable bonds is 4. The summed E-state index contributed by atoms with van der Waals surface area (Å²) in [6.45, 7) is 0.405. The van der Waals surface area contributed by atoms with Crippen molar-refractivity contribution in [3.05, 3.63) is 51.5 Å². The van der Waals surface area contributed by atoms with Crippen molar-refractivity contribution in [2.75, 3.05) is 7.05 Å². The van der Waals surface area contributed by atoms with Crippen LogP contribution in [-0.4, -0.2) is 22.8 Å². The highest BCUT2D eigenvalue weighted by Crippen LogP contribution is 2.30. The molecule has 2 rings (SSSR count). The van der Waals surface area contributed by atoms with E-state index in [1.807, 2.05) is 0 Å². The van der Waals surface area contributed by atoms with Crippen LogP contribution in [0.1, 0.15) is 26.6 Å². The van der Waals surface area contributed by atoms with Crippen LogP contribution in [0.4, 0.5) is 13.2 Å². The number of thiazole rings is 1. The molecule has 0 radical (unpaired) electrons. The molecule has 1 heterocycles. The van der Waals surface area contributed by atoms with Gasteiger partial charge in [-0.1, -0.05) is 12.1 Å². The number of carbonyl (C=O) groups is 1. The lowest BCUT2D eigenvalue weighted by molar-refractivity contribution is -0.140. The van der Waals surface area contributed by atoms with Crippen molar-refractivity contribution in [1.82, 2.24) is 9.88 Å². The van der Waals surface area contributed by atoms with Gasteiger partial charge in [0, 0.05) is 24.5 Å². The second kappa shape index (κ2) is 7.76. The summed E-state index contributed by atoms with van der Waals surface area (Å²) in [6.07, 6.45) is -4.46. The molecule has 2 N–H and O–H groups in total. The molecule has 1 aromatic carbocycles. The molecule has 0 atom stereocenters. The van der Waals surface area contributed by atoms with Crippen LogP contribution in [0.15, 0.2) is 29.6 Å². The van der Waals surface area contributed by atoms with E-state index in [-0.39, 0.29) is 29.9 Å². The fourth-order valence-corrected chi connectivity index (χ4v) is 2.65. The van der Waals surface area contributed by atoms with E-state index in [2.05, 4.69) is 4.98 Å². The third-order valence-corrected chi connectivity index (χ3v) is 3.83. The van der Waals surface area contributed by atoms with Gasteiger partial charge in [0.1, 0.15) is 5.01 Å². The molecule has 4 nitrogen and oxygen atoms in total. The highest BCUT2D eigenvalue weighted by molar-refractivity contribution is 7.09. The maximum atomic E-state index is 12.5. The number of alkyl halides is 3. The molecule has 0 bridgehead atoms. The van der Waals surface area contributed by atoms with Crippen LogP contribution < -0.4 is 5.73 Å². The molecule has 0 fully saturated rings. The van der Waals surface area contributed by atoms with Crippen molar-refractivity contribution in [2.45, 2.75) is 19.3 Å². The van der Waals surface area contributed by atoms with Crippen molar-refractivity contribution >= 4 is 29.7 Å². The van der Waals surface area contributed by atoms with Crippen LogP contribution in [0.2, 0.25) is 0 Å². The van der Waals surface area contributed by atoms with Gasteiger partial charge in [-0.25, -0.2) is 4.98 Å². The molecule has 0 saturated heterocycles. The molecule has 0 aliphatic heterocycles. The molecule has 0 aliphatic rings. The number of amides is 1. The minimum absolute atomic E-state index is 0. The van der Waals surface area contributed by atoms with Crippen molar-refractivity contribution in [1.29, 1.82) is 0 Å². The SMILES string of the molecule is CN(Cc1nc(C(F)(F)F)cs1)C(=O)c1ccc(CN)cc1.Cl. The van der Waals surface area contributed by atoms with E-state index in [1.165, 1.54) is 11.9 Å². The van der Waals surface area contributed by atoms with Gasteiger partial charge in [0.2, 0.25) is 0 Å². The van der Waals surface area contributed by atoms with Crippen molar-refractivity contribution in [2.24, 2.45) is 5.73 Å². The maximum Gasteiger partial charge on any atom is 0.434 e. The summed E-state index contributed by atoms with van der Waals surface area (Å²) in [7, 11) is 1.52. The molecule has 0 unspecified atom stereocenters. The number of hydrogen-bond donors (Lipinski definition) is 1. The zero-order valence-electron chi connectivity index (χ0n) is 12.1.